The fourth-order valence-corrected chi connectivity index (χ4v) is 2.45. The van der Waals surface area contributed by atoms with E-state index in [1.165, 1.54) is 0 Å². The lowest BCUT2D eigenvalue weighted by atomic mass is 10.1. The lowest BCUT2D eigenvalue weighted by Crippen LogP contribution is -2.13. The maximum atomic E-state index is 12.0. The summed E-state index contributed by atoms with van der Waals surface area (Å²) in [6.45, 7) is 0.399. The summed E-state index contributed by atoms with van der Waals surface area (Å²) in [5.74, 6) is -0.346. The van der Waals surface area contributed by atoms with Crippen LogP contribution < -0.4 is 10.1 Å². The monoisotopic (exact) mass is 361 g/mol. The fraction of sp³-hybridized carbons (Fsp3) is 0.263. The highest BCUT2D eigenvalue weighted by atomic mass is 35.5. The first-order valence-corrected chi connectivity index (χ1v) is 8.40. The number of halogens is 1. The van der Waals surface area contributed by atoms with E-state index in [1.54, 1.807) is 30.3 Å². The number of hydrogen-bond donors (Lipinski definition) is 2. The van der Waals surface area contributed by atoms with Crippen LogP contribution in [0.2, 0.25) is 5.02 Å². The molecule has 0 heterocycles. The molecule has 0 fully saturated rings. The third-order valence-electron chi connectivity index (χ3n) is 3.48. The number of carbonyl (C=O) groups excluding carboxylic acids is 1. The van der Waals surface area contributed by atoms with Gasteiger partial charge in [-0.1, -0.05) is 35.9 Å². The first-order valence-electron chi connectivity index (χ1n) is 8.02. The number of hydrogen-bond acceptors (Lipinski definition) is 3. The molecule has 25 heavy (non-hydrogen) atoms. The molecule has 2 N–H and O–H groups in total. The lowest BCUT2D eigenvalue weighted by Gasteiger charge is -2.09. The van der Waals surface area contributed by atoms with Crippen LogP contribution >= 0.6 is 11.6 Å². The van der Waals surface area contributed by atoms with E-state index in [0.717, 1.165) is 5.56 Å². The van der Waals surface area contributed by atoms with Crippen molar-refractivity contribution in [1.82, 2.24) is 0 Å². The van der Waals surface area contributed by atoms with E-state index in [2.05, 4.69) is 5.32 Å². The van der Waals surface area contributed by atoms with E-state index in [9.17, 15) is 9.59 Å². The summed E-state index contributed by atoms with van der Waals surface area (Å²) in [5.41, 5.74) is 1.54. The van der Waals surface area contributed by atoms with E-state index in [4.69, 9.17) is 21.4 Å². The number of benzene rings is 2. The van der Waals surface area contributed by atoms with Gasteiger partial charge in [0.25, 0.3) is 0 Å². The number of aliphatic carboxylic acids is 1. The molecule has 0 saturated carbocycles. The minimum Gasteiger partial charge on any atom is -0.492 e. The predicted octanol–water partition coefficient (Wildman–Crippen LogP) is 4.15. The van der Waals surface area contributed by atoms with E-state index >= 15 is 0 Å². The van der Waals surface area contributed by atoms with Crippen molar-refractivity contribution in [2.24, 2.45) is 0 Å². The second kappa shape index (κ2) is 9.69. The normalized spacial score (nSPS) is 10.3. The summed E-state index contributed by atoms with van der Waals surface area (Å²) in [7, 11) is 0. The molecule has 0 aromatic heterocycles. The largest absolute Gasteiger partial charge is 0.492 e. The number of carboxylic acids is 1. The number of nitrogens with one attached hydrogen (secondary N) is 1. The molecule has 6 heteroatoms. The predicted molar refractivity (Wildman–Crippen MR) is 97.2 cm³/mol. The Bertz CT molecular complexity index is 733. The van der Waals surface area contributed by atoms with Crippen LogP contribution in [0.1, 0.15) is 24.8 Å². The summed E-state index contributed by atoms with van der Waals surface area (Å²) in [5, 5.41) is 12.1. The summed E-state index contributed by atoms with van der Waals surface area (Å²) in [6.07, 6.45) is 1.39. The molecule has 0 radical (unpaired) electrons. The van der Waals surface area contributed by atoms with Gasteiger partial charge in [0.2, 0.25) is 5.91 Å². The third kappa shape index (κ3) is 6.85. The van der Waals surface area contributed by atoms with Crippen LogP contribution in [0.15, 0.2) is 48.5 Å². The zero-order chi connectivity index (χ0) is 18.1. The quantitative estimate of drug-likeness (QED) is 0.658. The van der Waals surface area contributed by atoms with Gasteiger partial charge in [-0.05, 0) is 42.7 Å². The van der Waals surface area contributed by atoms with Gasteiger partial charge in [-0.3, -0.25) is 9.59 Å². The highest BCUT2D eigenvalue weighted by molar-refractivity contribution is 6.32. The van der Waals surface area contributed by atoms with Gasteiger partial charge in [0, 0.05) is 18.5 Å². The second-order valence-electron chi connectivity index (χ2n) is 5.52. The fourth-order valence-electron chi connectivity index (χ4n) is 2.26. The Morgan fingerprint density at radius 2 is 1.88 bits per heavy atom. The molecule has 2 rings (SSSR count). The van der Waals surface area contributed by atoms with Gasteiger partial charge in [0.05, 0.1) is 11.6 Å². The summed E-state index contributed by atoms with van der Waals surface area (Å²) < 4.78 is 5.54. The topological polar surface area (TPSA) is 75.6 Å². The average Bonchev–Trinajstić information content (AvgIpc) is 2.59. The molecule has 5 nitrogen and oxygen atoms in total. The minimum atomic E-state index is -0.840. The van der Waals surface area contributed by atoms with Crippen molar-refractivity contribution in [1.29, 1.82) is 0 Å². The molecule has 1 amide bonds. The Balaban J connectivity index is 1.74. The van der Waals surface area contributed by atoms with Crippen LogP contribution in [0.5, 0.6) is 5.75 Å². The van der Waals surface area contributed by atoms with Crippen molar-refractivity contribution in [2.75, 3.05) is 11.9 Å². The number of aryl methyl sites for hydroxylation is 1. The van der Waals surface area contributed by atoms with Gasteiger partial charge in [-0.25, -0.2) is 0 Å². The van der Waals surface area contributed by atoms with Crippen molar-refractivity contribution in [3.8, 4) is 5.75 Å². The van der Waals surface area contributed by atoms with E-state index in [0.29, 0.717) is 42.3 Å². The van der Waals surface area contributed by atoms with Crippen molar-refractivity contribution >= 4 is 29.2 Å². The van der Waals surface area contributed by atoms with Crippen LogP contribution in [0.4, 0.5) is 5.69 Å². The average molecular weight is 362 g/mol. The van der Waals surface area contributed by atoms with Crippen molar-refractivity contribution in [3.05, 3.63) is 59.1 Å². The Labute approximate surface area is 151 Å². The molecule has 0 atom stereocenters. The van der Waals surface area contributed by atoms with Gasteiger partial charge >= 0.3 is 5.97 Å². The van der Waals surface area contributed by atoms with Crippen LogP contribution in [0.25, 0.3) is 0 Å². The lowest BCUT2D eigenvalue weighted by molar-refractivity contribution is -0.137. The number of rotatable bonds is 9. The number of carboxylic acid groups (broad SMARTS) is 1. The van der Waals surface area contributed by atoms with Gasteiger partial charge in [-0.15, -0.1) is 0 Å². The van der Waals surface area contributed by atoms with Gasteiger partial charge in [-0.2, -0.15) is 0 Å². The molecule has 0 saturated heterocycles. The smallest absolute Gasteiger partial charge is 0.303 e. The molecule has 0 unspecified atom stereocenters. The van der Waals surface area contributed by atoms with Crippen LogP contribution in [-0.4, -0.2) is 23.6 Å². The van der Waals surface area contributed by atoms with Crippen molar-refractivity contribution in [2.45, 2.75) is 25.7 Å². The molecule has 0 aliphatic rings. The first kappa shape index (κ1) is 18.8. The second-order valence-corrected chi connectivity index (χ2v) is 5.93. The SMILES string of the molecule is O=C(O)CCc1cccc(NC(=O)CCCOc2ccccc2Cl)c1. The third-order valence-corrected chi connectivity index (χ3v) is 3.79. The maximum absolute atomic E-state index is 12.0. The molecule has 0 bridgehead atoms. The summed E-state index contributed by atoms with van der Waals surface area (Å²) in [6, 6.07) is 14.4. The number of carbonyl (C=O) groups is 2. The van der Waals surface area contributed by atoms with Crippen molar-refractivity contribution < 1.29 is 19.4 Å². The highest BCUT2D eigenvalue weighted by Crippen LogP contribution is 2.23. The summed E-state index contributed by atoms with van der Waals surface area (Å²) in [4.78, 5) is 22.6. The highest BCUT2D eigenvalue weighted by Gasteiger charge is 2.05. The van der Waals surface area contributed by atoms with E-state index in [1.807, 2.05) is 18.2 Å². The molecule has 132 valence electrons. The minimum absolute atomic E-state index is 0.0663. The zero-order valence-corrected chi connectivity index (χ0v) is 14.5. The molecule has 2 aromatic rings. The van der Waals surface area contributed by atoms with E-state index < -0.39 is 5.97 Å². The van der Waals surface area contributed by atoms with Gasteiger partial charge in [0.1, 0.15) is 5.75 Å². The number of ether oxygens (including phenoxy) is 1. The molecule has 0 aliphatic carbocycles. The summed E-state index contributed by atoms with van der Waals surface area (Å²) >= 11 is 5.99. The number of para-hydroxylation sites is 1. The Kier molecular flexibility index (Phi) is 7.29. The van der Waals surface area contributed by atoms with E-state index in [-0.39, 0.29) is 12.3 Å². The molecule has 2 aromatic carbocycles. The number of anilines is 1. The van der Waals surface area contributed by atoms with Crippen LogP contribution in [-0.2, 0) is 16.0 Å². The molecule has 0 aliphatic heterocycles. The Morgan fingerprint density at radius 3 is 2.64 bits per heavy atom. The zero-order valence-electron chi connectivity index (χ0n) is 13.7. The number of amides is 1. The Hall–Kier alpha value is -2.53. The van der Waals surface area contributed by atoms with Crippen LogP contribution in [0.3, 0.4) is 0 Å². The van der Waals surface area contributed by atoms with Crippen LogP contribution in [0, 0.1) is 0 Å². The first-order chi connectivity index (χ1) is 12.0. The Morgan fingerprint density at radius 1 is 1.08 bits per heavy atom. The standard InChI is InChI=1S/C19H20ClNO4/c20-16-7-1-2-8-17(16)25-12-4-9-18(22)21-15-6-3-5-14(13-15)10-11-19(23)24/h1-3,5-8,13H,4,9-12H2,(H,21,22)(H,23,24). The van der Waals surface area contributed by atoms with Gasteiger partial charge in [0.15, 0.2) is 0 Å². The molecular formula is C19H20ClNO4. The molecular weight excluding hydrogens is 342 g/mol. The van der Waals surface area contributed by atoms with Gasteiger partial charge < -0.3 is 15.2 Å². The maximum Gasteiger partial charge on any atom is 0.303 e. The molecule has 0 spiro atoms. The van der Waals surface area contributed by atoms with Crippen molar-refractivity contribution in [3.63, 3.8) is 0 Å².